The summed E-state index contributed by atoms with van der Waals surface area (Å²) >= 11 is 0. The molecule has 3 aromatic rings. The molecular formula is C21H22N2O3. The highest BCUT2D eigenvalue weighted by atomic mass is 16.5. The Balaban J connectivity index is 1.65. The van der Waals surface area contributed by atoms with Crippen LogP contribution in [0.25, 0.3) is 10.9 Å². The average Bonchev–Trinajstić information content (AvgIpc) is 2.62. The zero-order valence-corrected chi connectivity index (χ0v) is 14.7. The van der Waals surface area contributed by atoms with Crippen LogP contribution in [-0.2, 0) is 22.6 Å². The number of carbonyl (C=O) groups excluding carboxylic acids is 1. The van der Waals surface area contributed by atoms with E-state index < -0.39 is 0 Å². The largest absolute Gasteiger partial charge is 0.380 e. The van der Waals surface area contributed by atoms with Gasteiger partial charge in [-0.15, -0.1) is 0 Å². The van der Waals surface area contributed by atoms with Crippen LogP contribution in [0, 0.1) is 0 Å². The third-order valence-electron chi connectivity index (χ3n) is 4.22. The second kappa shape index (κ2) is 8.45. The fourth-order valence-corrected chi connectivity index (χ4v) is 3.01. The maximum atomic E-state index is 12.2. The number of rotatable bonds is 7. The number of nitrogens with one attached hydrogen (secondary N) is 2. The maximum absolute atomic E-state index is 12.2. The highest BCUT2D eigenvalue weighted by Crippen LogP contribution is 2.20. The molecule has 0 saturated heterocycles. The molecule has 0 unspecified atom stereocenters. The van der Waals surface area contributed by atoms with Gasteiger partial charge in [0.1, 0.15) is 0 Å². The highest BCUT2D eigenvalue weighted by molar-refractivity contribution is 5.94. The SMILES string of the molecule is COCc1cc(=O)[nH]c2cc(NC(=O)CCCc3ccccc3)ccc12. The number of pyridine rings is 1. The summed E-state index contributed by atoms with van der Waals surface area (Å²) in [6, 6.07) is 17.2. The maximum Gasteiger partial charge on any atom is 0.248 e. The van der Waals surface area contributed by atoms with E-state index in [9.17, 15) is 9.59 Å². The van der Waals surface area contributed by atoms with Crippen molar-refractivity contribution in [1.29, 1.82) is 0 Å². The number of H-pyrrole nitrogens is 1. The molecule has 1 amide bonds. The van der Waals surface area contributed by atoms with Crippen LogP contribution in [0.15, 0.2) is 59.4 Å². The van der Waals surface area contributed by atoms with Crippen molar-refractivity contribution in [1.82, 2.24) is 4.98 Å². The molecule has 0 bridgehead atoms. The third kappa shape index (κ3) is 4.58. The van der Waals surface area contributed by atoms with Crippen molar-refractivity contribution in [2.24, 2.45) is 0 Å². The number of aromatic nitrogens is 1. The topological polar surface area (TPSA) is 71.2 Å². The van der Waals surface area contributed by atoms with Crippen LogP contribution in [0.5, 0.6) is 0 Å². The standard InChI is InChI=1S/C21H22N2O3/c1-26-14-16-12-21(25)23-19-13-17(10-11-18(16)19)22-20(24)9-5-8-15-6-3-2-4-7-15/h2-4,6-7,10-13H,5,8-9,14H2,1H3,(H,22,24)(H,23,25). The summed E-state index contributed by atoms with van der Waals surface area (Å²) in [5.41, 5.74) is 3.23. The number of carbonyl (C=O) groups is 1. The lowest BCUT2D eigenvalue weighted by Crippen LogP contribution is -2.12. The number of fused-ring (bicyclic) bond motifs is 1. The molecule has 0 aliphatic heterocycles. The second-order valence-corrected chi connectivity index (χ2v) is 6.24. The van der Waals surface area contributed by atoms with Gasteiger partial charge in [-0.1, -0.05) is 36.4 Å². The first-order chi connectivity index (χ1) is 12.7. The van der Waals surface area contributed by atoms with E-state index in [2.05, 4.69) is 22.4 Å². The predicted octanol–water partition coefficient (Wildman–Crippen LogP) is 3.64. The van der Waals surface area contributed by atoms with Gasteiger partial charge in [-0.25, -0.2) is 0 Å². The zero-order chi connectivity index (χ0) is 18.4. The van der Waals surface area contributed by atoms with Crippen molar-refractivity contribution < 1.29 is 9.53 Å². The number of hydrogen-bond donors (Lipinski definition) is 2. The fourth-order valence-electron chi connectivity index (χ4n) is 3.01. The van der Waals surface area contributed by atoms with Crippen molar-refractivity contribution >= 4 is 22.5 Å². The number of aryl methyl sites for hydroxylation is 1. The summed E-state index contributed by atoms with van der Waals surface area (Å²) < 4.78 is 5.14. The van der Waals surface area contributed by atoms with Crippen LogP contribution in [0.1, 0.15) is 24.0 Å². The molecule has 1 heterocycles. The molecule has 5 nitrogen and oxygen atoms in total. The van der Waals surface area contributed by atoms with Gasteiger partial charge in [-0.3, -0.25) is 9.59 Å². The molecule has 1 aromatic heterocycles. The highest BCUT2D eigenvalue weighted by Gasteiger charge is 2.07. The van der Waals surface area contributed by atoms with Gasteiger partial charge in [-0.05, 0) is 36.1 Å². The van der Waals surface area contributed by atoms with Crippen LogP contribution in [0.4, 0.5) is 5.69 Å². The van der Waals surface area contributed by atoms with Gasteiger partial charge in [0, 0.05) is 30.7 Å². The smallest absolute Gasteiger partial charge is 0.248 e. The number of ether oxygens (including phenoxy) is 1. The number of benzene rings is 2. The molecule has 134 valence electrons. The number of methoxy groups -OCH3 is 1. The van der Waals surface area contributed by atoms with Gasteiger partial charge in [0.05, 0.1) is 12.1 Å². The molecule has 0 atom stereocenters. The Kier molecular flexibility index (Phi) is 5.81. The van der Waals surface area contributed by atoms with E-state index in [-0.39, 0.29) is 11.5 Å². The number of amides is 1. The van der Waals surface area contributed by atoms with Crippen molar-refractivity contribution in [3.63, 3.8) is 0 Å². The number of aromatic amines is 1. The van der Waals surface area contributed by atoms with E-state index in [1.54, 1.807) is 13.2 Å². The zero-order valence-electron chi connectivity index (χ0n) is 14.7. The Bertz CT molecular complexity index is 948. The van der Waals surface area contributed by atoms with Gasteiger partial charge in [-0.2, -0.15) is 0 Å². The number of anilines is 1. The van der Waals surface area contributed by atoms with Crippen molar-refractivity contribution in [3.8, 4) is 0 Å². The van der Waals surface area contributed by atoms with E-state index in [0.29, 0.717) is 24.2 Å². The molecule has 0 radical (unpaired) electrons. The molecule has 0 aliphatic rings. The molecule has 0 fully saturated rings. The summed E-state index contributed by atoms with van der Waals surface area (Å²) in [6.45, 7) is 0.367. The Morgan fingerprint density at radius 1 is 1.12 bits per heavy atom. The van der Waals surface area contributed by atoms with E-state index in [1.807, 2.05) is 30.3 Å². The quantitative estimate of drug-likeness (QED) is 0.683. The first kappa shape index (κ1) is 17.9. The third-order valence-corrected chi connectivity index (χ3v) is 4.22. The normalized spacial score (nSPS) is 10.8. The molecule has 0 aliphatic carbocycles. The van der Waals surface area contributed by atoms with E-state index in [1.165, 1.54) is 11.6 Å². The van der Waals surface area contributed by atoms with Crippen LogP contribution < -0.4 is 10.9 Å². The van der Waals surface area contributed by atoms with E-state index in [0.717, 1.165) is 23.8 Å². The molecule has 5 heteroatoms. The monoisotopic (exact) mass is 350 g/mol. The summed E-state index contributed by atoms with van der Waals surface area (Å²) in [5, 5.41) is 3.81. The summed E-state index contributed by atoms with van der Waals surface area (Å²) in [4.78, 5) is 26.8. The van der Waals surface area contributed by atoms with Gasteiger partial charge >= 0.3 is 0 Å². The lowest BCUT2D eigenvalue weighted by atomic mass is 10.1. The van der Waals surface area contributed by atoms with Crippen molar-refractivity contribution in [2.45, 2.75) is 25.9 Å². The van der Waals surface area contributed by atoms with Gasteiger partial charge < -0.3 is 15.0 Å². The molecule has 3 rings (SSSR count). The Labute approximate surface area is 152 Å². The molecule has 2 N–H and O–H groups in total. The molecular weight excluding hydrogens is 328 g/mol. The molecule has 26 heavy (non-hydrogen) atoms. The van der Waals surface area contributed by atoms with Crippen LogP contribution in [0.2, 0.25) is 0 Å². The Morgan fingerprint density at radius 3 is 2.69 bits per heavy atom. The average molecular weight is 350 g/mol. The minimum atomic E-state index is -0.184. The van der Waals surface area contributed by atoms with E-state index in [4.69, 9.17) is 4.74 Å². The molecule has 0 saturated carbocycles. The second-order valence-electron chi connectivity index (χ2n) is 6.24. The molecule has 0 spiro atoms. The minimum absolute atomic E-state index is 0.0318. The Morgan fingerprint density at radius 2 is 1.92 bits per heavy atom. The summed E-state index contributed by atoms with van der Waals surface area (Å²) in [7, 11) is 1.59. The van der Waals surface area contributed by atoms with Crippen LogP contribution in [-0.4, -0.2) is 18.0 Å². The summed E-state index contributed by atoms with van der Waals surface area (Å²) in [5.74, 6) is -0.0318. The minimum Gasteiger partial charge on any atom is -0.380 e. The Hall–Kier alpha value is -2.92. The fraction of sp³-hybridized carbons (Fsp3) is 0.238. The predicted molar refractivity (Wildman–Crippen MR) is 103 cm³/mol. The van der Waals surface area contributed by atoms with Crippen molar-refractivity contribution in [3.05, 3.63) is 76.1 Å². The lowest BCUT2D eigenvalue weighted by Gasteiger charge is -2.09. The van der Waals surface area contributed by atoms with Gasteiger partial charge in [0.15, 0.2) is 0 Å². The van der Waals surface area contributed by atoms with Crippen molar-refractivity contribution in [2.75, 3.05) is 12.4 Å². The first-order valence-electron chi connectivity index (χ1n) is 8.64. The first-order valence-corrected chi connectivity index (χ1v) is 8.64. The summed E-state index contributed by atoms with van der Waals surface area (Å²) in [6.07, 6.45) is 2.12. The van der Waals surface area contributed by atoms with Gasteiger partial charge in [0.2, 0.25) is 11.5 Å². The van der Waals surface area contributed by atoms with E-state index >= 15 is 0 Å². The van der Waals surface area contributed by atoms with Crippen LogP contribution >= 0.6 is 0 Å². The molecule has 2 aromatic carbocycles. The van der Waals surface area contributed by atoms with Gasteiger partial charge in [0.25, 0.3) is 0 Å². The lowest BCUT2D eigenvalue weighted by molar-refractivity contribution is -0.116. The van der Waals surface area contributed by atoms with Crippen LogP contribution in [0.3, 0.4) is 0 Å². The number of hydrogen-bond acceptors (Lipinski definition) is 3.